The lowest BCUT2D eigenvalue weighted by atomic mass is 9.75. The van der Waals surface area contributed by atoms with Gasteiger partial charge in [-0.2, -0.15) is 0 Å². The van der Waals surface area contributed by atoms with Gasteiger partial charge in [0.2, 0.25) is 0 Å². The van der Waals surface area contributed by atoms with Crippen LogP contribution in [0.4, 0.5) is 5.82 Å². The minimum Gasteiger partial charge on any atom is -0.357 e. The molecule has 3 heteroatoms. The Kier molecular flexibility index (Phi) is 4.14. The van der Waals surface area contributed by atoms with E-state index in [1.54, 1.807) is 0 Å². The predicted molar refractivity (Wildman–Crippen MR) is 81.3 cm³/mol. The molecular formula is C16H27N3. The topological polar surface area (TPSA) is 42.1 Å². The summed E-state index contributed by atoms with van der Waals surface area (Å²) in [6.07, 6.45) is 6.99. The molecule has 2 rings (SSSR count). The van der Waals surface area contributed by atoms with Crippen LogP contribution in [0.25, 0.3) is 0 Å². The molecule has 0 unspecified atom stereocenters. The van der Waals surface area contributed by atoms with Crippen molar-refractivity contribution in [1.29, 1.82) is 0 Å². The molecule has 106 valence electrons. The van der Waals surface area contributed by atoms with Crippen LogP contribution < -0.4 is 10.6 Å². The summed E-state index contributed by atoms with van der Waals surface area (Å²) in [5.74, 6) is 1.06. The maximum atomic E-state index is 5.95. The van der Waals surface area contributed by atoms with Gasteiger partial charge in [-0.25, -0.2) is 4.98 Å². The van der Waals surface area contributed by atoms with Crippen molar-refractivity contribution in [1.82, 2.24) is 4.98 Å². The van der Waals surface area contributed by atoms with Crippen LogP contribution in [-0.4, -0.2) is 18.1 Å². The van der Waals surface area contributed by atoms with E-state index in [1.165, 1.54) is 25.7 Å². The Bertz CT molecular complexity index is 416. The van der Waals surface area contributed by atoms with E-state index in [9.17, 15) is 0 Å². The summed E-state index contributed by atoms with van der Waals surface area (Å²) in [4.78, 5) is 6.84. The quantitative estimate of drug-likeness (QED) is 0.905. The van der Waals surface area contributed by atoms with Crippen molar-refractivity contribution < 1.29 is 0 Å². The molecule has 2 N–H and O–H groups in total. The van der Waals surface area contributed by atoms with E-state index < -0.39 is 0 Å². The summed E-state index contributed by atoms with van der Waals surface area (Å²) >= 11 is 0. The molecule has 19 heavy (non-hydrogen) atoms. The second-order valence-corrected chi connectivity index (χ2v) is 6.74. The predicted octanol–water partition coefficient (Wildman–Crippen LogP) is 3.51. The number of aromatic nitrogens is 1. The first kappa shape index (κ1) is 14.3. The van der Waals surface area contributed by atoms with Crippen molar-refractivity contribution >= 4 is 5.82 Å². The van der Waals surface area contributed by atoms with Crippen LogP contribution >= 0.6 is 0 Å². The summed E-state index contributed by atoms with van der Waals surface area (Å²) in [6.45, 7) is 6.76. The molecule has 1 heterocycles. The Morgan fingerprint density at radius 1 is 1.37 bits per heavy atom. The Hall–Kier alpha value is -1.09. The zero-order valence-corrected chi connectivity index (χ0v) is 12.7. The molecule has 1 fully saturated rings. The molecule has 1 aromatic heterocycles. The van der Waals surface area contributed by atoms with Gasteiger partial charge >= 0.3 is 0 Å². The van der Waals surface area contributed by atoms with E-state index >= 15 is 0 Å². The minimum atomic E-state index is 0.0699. The van der Waals surface area contributed by atoms with E-state index in [0.29, 0.717) is 11.5 Å². The van der Waals surface area contributed by atoms with Crippen molar-refractivity contribution in [2.75, 3.05) is 11.9 Å². The summed E-state index contributed by atoms with van der Waals surface area (Å²) in [5, 5.41) is 0. The van der Waals surface area contributed by atoms with E-state index in [1.807, 2.05) is 19.2 Å². The molecule has 0 bridgehead atoms. The largest absolute Gasteiger partial charge is 0.357 e. The number of nitrogens with two attached hydrogens (primary N) is 1. The highest BCUT2D eigenvalue weighted by molar-refractivity contribution is 5.42. The average Bonchev–Trinajstić information content (AvgIpc) is 2.38. The van der Waals surface area contributed by atoms with Crippen molar-refractivity contribution in [3.63, 3.8) is 0 Å². The standard InChI is InChI=1S/C16H27N3/c1-12(17)13-7-10-18-15(11-13)19(4)14-5-8-16(2,3)9-6-14/h7,10-12,14H,5-6,8-9,17H2,1-4H3/t12-/m1/s1. The van der Waals surface area contributed by atoms with E-state index in [0.717, 1.165) is 11.4 Å². The lowest BCUT2D eigenvalue weighted by molar-refractivity contribution is 0.222. The number of anilines is 1. The Labute approximate surface area is 117 Å². The minimum absolute atomic E-state index is 0.0699. The van der Waals surface area contributed by atoms with Crippen molar-refractivity contribution in [2.45, 2.75) is 58.5 Å². The van der Waals surface area contributed by atoms with E-state index in [-0.39, 0.29) is 6.04 Å². The molecule has 3 nitrogen and oxygen atoms in total. The molecule has 1 aromatic rings. The van der Waals surface area contributed by atoms with E-state index in [4.69, 9.17) is 5.73 Å². The van der Waals surface area contributed by atoms with Crippen LogP contribution in [0.2, 0.25) is 0 Å². The molecule has 0 spiro atoms. The third-order valence-electron chi connectivity index (χ3n) is 4.51. The fourth-order valence-corrected chi connectivity index (χ4v) is 2.87. The average molecular weight is 261 g/mol. The fourth-order valence-electron chi connectivity index (χ4n) is 2.87. The maximum absolute atomic E-state index is 5.95. The van der Waals surface area contributed by atoms with Crippen LogP contribution in [0.1, 0.15) is 58.1 Å². The smallest absolute Gasteiger partial charge is 0.128 e. The molecule has 1 saturated carbocycles. The van der Waals surface area contributed by atoms with Gasteiger partial charge in [0.05, 0.1) is 0 Å². The third kappa shape index (κ3) is 3.47. The Morgan fingerprint density at radius 2 is 2.00 bits per heavy atom. The first-order valence-electron chi connectivity index (χ1n) is 7.33. The number of hydrogen-bond donors (Lipinski definition) is 1. The lowest BCUT2D eigenvalue weighted by Gasteiger charge is -2.39. The first-order chi connectivity index (χ1) is 8.89. The summed E-state index contributed by atoms with van der Waals surface area (Å²) in [6, 6.07) is 4.82. The molecule has 0 radical (unpaired) electrons. The Morgan fingerprint density at radius 3 is 2.58 bits per heavy atom. The second-order valence-electron chi connectivity index (χ2n) is 6.74. The monoisotopic (exact) mass is 261 g/mol. The zero-order valence-electron chi connectivity index (χ0n) is 12.7. The number of hydrogen-bond acceptors (Lipinski definition) is 3. The molecule has 0 aliphatic heterocycles. The zero-order chi connectivity index (χ0) is 14.0. The third-order valence-corrected chi connectivity index (χ3v) is 4.51. The van der Waals surface area contributed by atoms with Crippen LogP contribution in [0, 0.1) is 5.41 Å². The molecule has 0 aromatic carbocycles. The molecule has 1 aliphatic rings. The van der Waals surface area contributed by atoms with Gasteiger partial charge in [-0.15, -0.1) is 0 Å². The van der Waals surface area contributed by atoms with Crippen LogP contribution in [-0.2, 0) is 0 Å². The highest BCUT2D eigenvalue weighted by Gasteiger charge is 2.29. The molecule has 1 atom stereocenters. The highest BCUT2D eigenvalue weighted by atomic mass is 15.2. The summed E-state index contributed by atoms with van der Waals surface area (Å²) in [7, 11) is 2.16. The lowest BCUT2D eigenvalue weighted by Crippen LogP contribution is -2.37. The Balaban J connectivity index is 2.07. The normalized spacial score (nSPS) is 21.1. The maximum Gasteiger partial charge on any atom is 0.128 e. The number of pyridine rings is 1. The van der Waals surface area contributed by atoms with Gasteiger partial charge in [0, 0.05) is 25.3 Å². The molecule has 1 aliphatic carbocycles. The summed E-state index contributed by atoms with van der Waals surface area (Å²) < 4.78 is 0. The van der Waals surface area contributed by atoms with Crippen LogP contribution in [0.3, 0.4) is 0 Å². The second kappa shape index (κ2) is 5.49. The van der Waals surface area contributed by atoms with Gasteiger partial charge in [-0.05, 0) is 55.7 Å². The molecule has 0 saturated heterocycles. The molecule has 0 amide bonds. The van der Waals surface area contributed by atoms with Gasteiger partial charge in [0.25, 0.3) is 0 Å². The van der Waals surface area contributed by atoms with Gasteiger partial charge in [-0.3, -0.25) is 0 Å². The number of rotatable bonds is 3. The number of nitrogens with zero attached hydrogens (tertiary/aromatic N) is 2. The van der Waals surface area contributed by atoms with Gasteiger partial charge in [0.1, 0.15) is 5.82 Å². The molecular weight excluding hydrogens is 234 g/mol. The first-order valence-corrected chi connectivity index (χ1v) is 7.33. The van der Waals surface area contributed by atoms with Gasteiger partial charge < -0.3 is 10.6 Å². The van der Waals surface area contributed by atoms with Gasteiger partial charge in [0.15, 0.2) is 0 Å². The van der Waals surface area contributed by atoms with E-state index in [2.05, 4.69) is 36.8 Å². The highest BCUT2D eigenvalue weighted by Crippen LogP contribution is 2.37. The summed E-state index contributed by atoms with van der Waals surface area (Å²) in [5.41, 5.74) is 7.62. The van der Waals surface area contributed by atoms with Crippen molar-refractivity contribution in [2.24, 2.45) is 11.1 Å². The fraction of sp³-hybridized carbons (Fsp3) is 0.688. The SMILES string of the molecule is C[C@@H](N)c1ccnc(N(C)C2CCC(C)(C)CC2)c1. The van der Waals surface area contributed by atoms with Gasteiger partial charge in [-0.1, -0.05) is 13.8 Å². The van der Waals surface area contributed by atoms with Crippen LogP contribution in [0.5, 0.6) is 0 Å². The van der Waals surface area contributed by atoms with Crippen molar-refractivity contribution in [3.8, 4) is 0 Å². The van der Waals surface area contributed by atoms with Crippen molar-refractivity contribution in [3.05, 3.63) is 23.9 Å². The van der Waals surface area contributed by atoms with Crippen LogP contribution in [0.15, 0.2) is 18.3 Å².